The Balaban J connectivity index is 1.60. The lowest BCUT2D eigenvalue weighted by Crippen LogP contribution is -2.31. The highest BCUT2D eigenvalue weighted by molar-refractivity contribution is 5.44. The molecule has 4 heteroatoms. The maximum absolute atomic E-state index is 6.03. The molecule has 0 aliphatic carbocycles. The summed E-state index contributed by atoms with van der Waals surface area (Å²) in [5.41, 5.74) is 1.28. The van der Waals surface area contributed by atoms with Crippen molar-refractivity contribution in [1.29, 1.82) is 0 Å². The van der Waals surface area contributed by atoms with E-state index in [0.29, 0.717) is 24.2 Å². The lowest BCUT2D eigenvalue weighted by Gasteiger charge is -2.29. The van der Waals surface area contributed by atoms with Gasteiger partial charge in [0.1, 0.15) is 0 Å². The molecule has 21 heavy (non-hydrogen) atoms. The van der Waals surface area contributed by atoms with Crippen molar-refractivity contribution in [3.05, 3.63) is 23.8 Å². The monoisotopic (exact) mass is 289 g/mol. The molecular formula is C17H23NO3. The number of hydrogen-bond donors (Lipinski definition) is 1. The van der Waals surface area contributed by atoms with Crippen molar-refractivity contribution < 1.29 is 14.2 Å². The van der Waals surface area contributed by atoms with Gasteiger partial charge in [-0.25, -0.2) is 0 Å². The van der Waals surface area contributed by atoms with Crippen LogP contribution in [0.4, 0.5) is 0 Å². The fourth-order valence-corrected chi connectivity index (χ4v) is 4.03. The van der Waals surface area contributed by atoms with E-state index in [2.05, 4.69) is 17.4 Å². The summed E-state index contributed by atoms with van der Waals surface area (Å²) < 4.78 is 17.6. The molecule has 0 aromatic heterocycles. The summed E-state index contributed by atoms with van der Waals surface area (Å²) in [6, 6.07) is 6.69. The molecule has 1 aromatic rings. The van der Waals surface area contributed by atoms with E-state index in [1.165, 1.54) is 24.8 Å². The predicted octanol–water partition coefficient (Wildman–Crippen LogP) is 2.68. The van der Waals surface area contributed by atoms with E-state index in [4.69, 9.17) is 14.2 Å². The molecule has 3 heterocycles. The van der Waals surface area contributed by atoms with E-state index >= 15 is 0 Å². The third kappa shape index (κ3) is 2.40. The van der Waals surface area contributed by atoms with E-state index < -0.39 is 0 Å². The molecule has 0 radical (unpaired) electrons. The molecule has 114 valence electrons. The highest BCUT2D eigenvalue weighted by Gasteiger charge is 2.44. The van der Waals surface area contributed by atoms with Crippen molar-refractivity contribution >= 4 is 0 Å². The van der Waals surface area contributed by atoms with Crippen LogP contribution in [0.25, 0.3) is 0 Å². The summed E-state index contributed by atoms with van der Waals surface area (Å²) in [4.78, 5) is 0. The third-order valence-corrected chi connectivity index (χ3v) is 5.02. The van der Waals surface area contributed by atoms with Crippen molar-refractivity contribution in [2.45, 2.75) is 43.9 Å². The van der Waals surface area contributed by atoms with Crippen LogP contribution in [0.2, 0.25) is 0 Å². The van der Waals surface area contributed by atoms with Gasteiger partial charge in [-0.3, -0.25) is 0 Å². The molecule has 4 rings (SSSR count). The summed E-state index contributed by atoms with van der Waals surface area (Å²) in [5, 5.41) is 3.49. The first-order valence-electron chi connectivity index (χ1n) is 8.07. The Morgan fingerprint density at radius 1 is 1.14 bits per heavy atom. The number of nitrogens with one attached hydrogen (secondary N) is 1. The molecule has 0 saturated carbocycles. The third-order valence-electron chi connectivity index (χ3n) is 5.02. The molecule has 0 spiro atoms. The molecule has 4 nitrogen and oxygen atoms in total. The molecule has 1 N–H and O–H groups in total. The van der Waals surface area contributed by atoms with Crippen LogP contribution in [-0.2, 0) is 4.74 Å². The summed E-state index contributed by atoms with van der Waals surface area (Å²) in [5.74, 6) is 2.32. The Labute approximate surface area is 125 Å². The smallest absolute Gasteiger partial charge is 0.161 e. The van der Waals surface area contributed by atoms with Gasteiger partial charge in [0.2, 0.25) is 0 Å². The van der Waals surface area contributed by atoms with Crippen LogP contribution in [-0.4, -0.2) is 32.5 Å². The average Bonchev–Trinajstić information content (AvgIpc) is 3.05. The van der Waals surface area contributed by atoms with Crippen LogP contribution in [0.15, 0.2) is 18.2 Å². The van der Waals surface area contributed by atoms with Gasteiger partial charge in [-0.1, -0.05) is 6.07 Å². The zero-order chi connectivity index (χ0) is 14.2. The van der Waals surface area contributed by atoms with Gasteiger partial charge in [0.05, 0.1) is 25.4 Å². The Bertz CT molecular complexity index is 519. The Morgan fingerprint density at radius 2 is 2.00 bits per heavy atom. The first-order valence-corrected chi connectivity index (χ1v) is 8.07. The van der Waals surface area contributed by atoms with Gasteiger partial charge in [0.25, 0.3) is 0 Å². The maximum Gasteiger partial charge on any atom is 0.161 e. The molecule has 1 aromatic carbocycles. The SMILES string of the molecule is CNC(c1ccc2c(c1)OCCCO2)C1CC2CCC1O2. The molecule has 2 bridgehead atoms. The Hall–Kier alpha value is -1.26. The highest BCUT2D eigenvalue weighted by atomic mass is 16.5. The van der Waals surface area contributed by atoms with Crippen molar-refractivity contribution in [2.24, 2.45) is 5.92 Å². The first kappa shape index (κ1) is 13.4. The van der Waals surface area contributed by atoms with Crippen molar-refractivity contribution in [1.82, 2.24) is 5.32 Å². The van der Waals surface area contributed by atoms with Crippen LogP contribution in [0.3, 0.4) is 0 Å². The minimum Gasteiger partial charge on any atom is -0.490 e. The van der Waals surface area contributed by atoms with E-state index in [-0.39, 0.29) is 0 Å². The molecule has 3 aliphatic rings. The zero-order valence-corrected chi connectivity index (χ0v) is 12.5. The van der Waals surface area contributed by atoms with Gasteiger partial charge in [-0.2, -0.15) is 0 Å². The number of rotatable bonds is 3. The second kappa shape index (κ2) is 5.50. The van der Waals surface area contributed by atoms with Crippen LogP contribution in [0.5, 0.6) is 11.5 Å². The zero-order valence-electron chi connectivity index (χ0n) is 12.5. The molecule has 0 amide bonds. The summed E-state index contributed by atoms with van der Waals surface area (Å²) in [6.07, 6.45) is 5.46. The van der Waals surface area contributed by atoms with E-state index in [1.54, 1.807) is 0 Å². The average molecular weight is 289 g/mol. The van der Waals surface area contributed by atoms with Gasteiger partial charge in [0.15, 0.2) is 11.5 Å². The van der Waals surface area contributed by atoms with Crippen LogP contribution < -0.4 is 14.8 Å². The number of hydrogen-bond acceptors (Lipinski definition) is 4. The van der Waals surface area contributed by atoms with E-state index in [9.17, 15) is 0 Å². The molecule has 2 saturated heterocycles. The molecule has 3 aliphatic heterocycles. The Morgan fingerprint density at radius 3 is 2.71 bits per heavy atom. The van der Waals surface area contributed by atoms with Crippen molar-refractivity contribution in [3.63, 3.8) is 0 Å². The van der Waals surface area contributed by atoms with Gasteiger partial charge in [-0.05, 0) is 44.0 Å². The van der Waals surface area contributed by atoms with Gasteiger partial charge < -0.3 is 19.5 Å². The normalized spacial score (nSPS) is 32.0. The summed E-state index contributed by atoms with van der Waals surface area (Å²) in [6.45, 7) is 1.47. The second-order valence-corrected chi connectivity index (χ2v) is 6.30. The van der Waals surface area contributed by atoms with Gasteiger partial charge in [-0.15, -0.1) is 0 Å². The minimum atomic E-state index is 0.331. The highest BCUT2D eigenvalue weighted by Crippen LogP contribution is 2.45. The Kier molecular flexibility index (Phi) is 3.51. The lowest BCUT2D eigenvalue weighted by atomic mass is 9.81. The lowest BCUT2D eigenvalue weighted by molar-refractivity contribution is 0.0863. The maximum atomic E-state index is 6.03. The fraction of sp³-hybridized carbons (Fsp3) is 0.647. The van der Waals surface area contributed by atoms with Crippen molar-refractivity contribution in [2.75, 3.05) is 20.3 Å². The van der Waals surface area contributed by atoms with E-state index in [0.717, 1.165) is 31.1 Å². The quantitative estimate of drug-likeness (QED) is 0.928. The van der Waals surface area contributed by atoms with Crippen LogP contribution >= 0.6 is 0 Å². The molecular weight excluding hydrogens is 266 g/mol. The summed E-state index contributed by atoms with van der Waals surface area (Å²) >= 11 is 0. The predicted molar refractivity (Wildman–Crippen MR) is 79.9 cm³/mol. The van der Waals surface area contributed by atoms with Gasteiger partial charge in [0, 0.05) is 18.4 Å². The summed E-state index contributed by atoms with van der Waals surface area (Å²) in [7, 11) is 2.04. The van der Waals surface area contributed by atoms with E-state index in [1.807, 2.05) is 13.1 Å². The van der Waals surface area contributed by atoms with Gasteiger partial charge >= 0.3 is 0 Å². The fourth-order valence-electron chi connectivity index (χ4n) is 4.03. The topological polar surface area (TPSA) is 39.7 Å². The number of benzene rings is 1. The molecule has 4 atom stereocenters. The standard InChI is InChI=1S/C17H23NO3/c1-18-17(13-10-12-4-6-14(13)21-12)11-3-5-15-16(9-11)20-8-2-7-19-15/h3,5,9,12-14,17-18H,2,4,6-8,10H2,1H3. The van der Waals surface area contributed by atoms with Crippen molar-refractivity contribution in [3.8, 4) is 11.5 Å². The second-order valence-electron chi connectivity index (χ2n) is 6.30. The molecule has 2 fully saturated rings. The largest absolute Gasteiger partial charge is 0.490 e. The first-order chi connectivity index (χ1) is 10.3. The van der Waals surface area contributed by atoms with Crippen LogP contribution in [0, 0.1) is 5.92 Å². The minimum absolute atomic E-state index is 0.331. The molecule has 4 unspecified atom stereocenters. The number of fused-ring (bicyclic) bond motifs is 3. The van der Waals surface area contributed by atoms with Crippen LogP contribution in [0.1, 0.15) is 37.3 Å². The number of ether oxygens (including phenoxy) is 3.